The maximum Gasteiger partial charge on any atom is 0.362 e. The van der Waals surface area contributed by atoms with Crippen LogP contribution in [0.15, 0.2) is 0 Å². The van der Waals surface area contributed by atoms with E-state index in [2.05, 4.69) is 5.32 Å². The molecule has 2 saturated heterocycles. The number of nitrogens with one attached hydrogen (secondary N) is 1. The molecule has 0 bridgehead atoms. The van der Waals surface area contributed by atoms with Gasteiger partial charge < -0.3 is 0 Å². The molecule has 0 aromatic rings. The third kappa shape index (κ3) is 1.09. The van der Waals surface area contributed by atoms with Gasteiger partial charge in [-0.1, -0.05) is 0 Å². The van der Waals surface area contributed by atoms with E-state index in [-0.39, 0.29) is 0 Å². The number of hydrogen-bond acceptors (Lipinski definition) is 5. The zero-order valence-electron chi connectivity index (χ0n) is 7.93. The first-order chi connectivity index (χ1) is 6.82. The molecule has 0 radical (unpaired) electrons. The molecule has 2 heterocycles. The van der Waals surface area contributed by atoms with Crippen molar-refractivity contribution < 1.29 is 22.6 Å². The summed E-state index contributed by atoms with van der Waals surface area (Å²) in [6, 6.07) is -0.780. The smallest absolute Gasteiger partial charge is 0.297 e. The molecule has 0 saturated carbocycles. The Labute approximate surface area is 86.3 Å². The van der Waals surface area contributed by atoms with Gasteiger partial charge in [-0.05, 0) is 19.9 Å². The molecule has 84 valence electrons. The fourth-order valence-electron chi connectivity index (χ4n) is 2.28. The number of fused-ring (bicyclic) bond motifs is 1. The van der Waals surface area contributed by atoms with E-state index in [1.165, 1.54) is 6.92 Å². The Bertz CT molecular complexity index is 444. The molecule has 2 aliphatic heterocycles. The number of rotatable bonds is 2. The lowest BCUT2D eigenvalue weighted by atomic mass is 9.80. The highest BCUT2D eigenvalue weighted by Crippen LogP contribution is 2.39. The predicted octanol–water partition coefficient (Wildman–Crippen LogP) is -1.68. The van der Waals surface area contributed by atoms with Gasteiger partial charge in [0.25, 0.3) is 5.91 Å². The van der Waals surface area contributed by atoms with Gasteiger partial charge in [0.2, 0.25) is 0 Å². The topological polar surface area (TPSA) is 104 Å². The molecule has 2 unspecified atom stereocenters. The molecule has 2 rings (SSSR count). The van der Waals surface area contributed by atoms with Gasteiger partial charge in [0.15, 0.2) is 11.3 Å². The number of ketones is 1. The van der Waals surface area contributed by atoms with E-state index in [4.69, 9.17) is 4.55 Å². The van der Waals surface area contributed by atoms with E-state index in [9.17, 15) is 18.0 Å². The summed E-state index contributed by atoms with van der Waals surface area (Å²) in [6.07, 6.45) is 0.338. The summed E-state index contributed by atoms with van der Waals surface area (Å²) < 4.78 is 30.9. The molecular weight excluding hydrogens is 224 g/mol. The van der Waals surface area contributed by atoms with Crippen molar-refractivity contribution in [1.82, 2.24) is 9.62 Å². The Balaban J connectivity index is 2.42. The van der Waals surface area contributed by atoms with Crippen molar-refractivity contribution >= 4 is 22.0 Å². The first-order valence-corrected chi connectivity index (χ1v) is 5.79. The molecule has 15 heavy (non-hydrogen) atoms. The van der Waals surface area contributed by atoms with Crippen molar-refractivity contribution in [2.24, 2.45) is 0 Å². The summed E-state index contributed by atoms with van der Waals surface area (Å²) in [5, 5.41) is 2.70. The van der Waals surface area contributed by atoms with Crippen molar-refractivity contribution in [2.45, 2.75) is 24.9 Å². The second-order valence-electron chi connectivity index (χ2n) is 3.67. The molecule has 7 nitrogen and oxygen atoms in total. The molecular formula is C7H10N2O5S. The largest absolute Gasteiger partial charge is 0.362 e. The molecule has 1 amide bonds. The minimum atomic E-state index is -4.55. The van der Waals surface area contributed by atoms with E-state index < -0.39 is 33.6 Å². The Morgan fingerprint density at radius 1 is 1.67 bits per heavy atom. The minimum Gasteiger partial charge on any atom is -0.297 e. The molecule has 0 aliphatic carbocycles. The van der Waals surface area contributed by atoms with E-state index in [0.717, 1.165) is 0 Å². The number of Topliss-reactive ketones (excluding diaryl/α,β-unsaturated/α-hetero) is 1. The highest BCUT2D eigenvalue weighted by molar-refractivity contribution is 7.84. The Morgan fingerprint density at radius 2 is 2.27 bits per heavy atom. The average molecular weight is 234 g/mol. The highest BCUT2D eigenvalue weighted by atomic mass is 32.2. The molecule has 2 atom stereocenters. The Hall–Kier alpha value is -0.990. The van der Waals surface area contributed by atoms with Crippen LogP contribution in [0.25, 0.3) is 0 Å². The van der Waals surface area contributed by atoms with E-state index in [0.29, 0.717) is 17.3 Å². The van der Waals surface area contributed by atoms with Crippen LogP contribution in [0.1, 0.15) is 13.3 Å². The number of β-lactam (4-membered cyclic amide) rings is 1. The molecule has 8 heteroatoms. The number of hydrogen-bond donors (Lipinski definition) is 2. The maximum absolute atomic E-state index is 11.6. The molecule has 0 spiro atoms. The maximum atomic E-state index is 11.6. The molecule has 2 aliphatic rings. The van der Waals surface area contributed by atoms with Crippen LogP contribution >= 0.6 is 0 Å². The fraction of sp³-hybridized carbons (Fsp3) is 0.714. The van der Waals surface area contributed by atoms with Gasteiger partial charge in [-0.2, -0.15) is 8.42 Å². The molecule has 2 fully saturated rings. The van der Waals surface area contributed by atoms with E-state index >= 15 is 0 Å². The first kappa shape index (κ1) is 10.5. The third-order valence-corrected chi connectivity index (χ3v) is 3.86. The van der Waals surface area contributed by atoms with E-state index in [1.54, 1.807) is 0 Å². The number of amides is 1. The van der Waals surface area contributed by atoms with Gasteiger partial charge in [0.1, 0.15) is 0 Å². The zero-order chi connectivity index (χ0) is 11.4. The highest BCUT2D eigenvalue weighted by Gasteiger charge is 2.69. The standard InChI is InChI=1S/C7H10N2O5S/c1-4(10)7-5(2-3-8-7)9(6(7)11)15(12,13)14/h5,8H,2-3H2,1H3,(H,12,13,14). The van der Waals surface area contributed by atoms with Gasteiger partial charge in [-0.3, -0.25) is 19.5 Å². The third-order valence-electron chi connectivity index (χ3n) is 2.95. The lowest BCUT2D eigenvalue weighted by molar-refractivity contribution is -0.155. The summed E-state index contributed by atoms with van der Waals surface area (Å²) >= 11 is 0. The number of carbonyl (C=O) groups excluding carboxylic acids is 2. The summed E-state index contributed by atoms with van der Waals surface area (Å²) in [7, 11) is -4.55. The van der Waals surface area contributed by atoms with Gasteiger partial charge in [0.05, 0.1) is 6.04 Å². The van der Waals surface area contributed by atoms with Crippen LogP contribution in [0.5, 0.6) is 0 Å². The summed E-state index contributed by atoms with van der Waals surface area (Å²) in [6.45, 7) is 1.60. The molecule has 0 aromatic heterocycles. The zero-order valence-corrected chi connectivity index (χ0v) is 8.74. The molecule has 0 aromatic carbocycles. The second kappa shape index (κ2) is 2.77. The van der Waals surface area contributed by atoms with Crippen LogP contribution < -0.4 is 5.32 Å². The SMILES string of the molecule is CC(=O)C12NCCC1N(S(=O)(=O)O)C2=O. The quantitative estimate of drug-likeness (QED) is 0.336. The van der Waals surface area contributed by atoms with Gasteiger partial charge in [-0.25, -0.2) is 4.31 Å². The number of carbonyl (C=O) groups is 2. The van der Waals surface area contributed by atoms with E-state index in [1.807, 2.05) is 0 Å². The second-order valence-corrected chi connectivity index (χ2v) is 4.96. The fourth-order valence-corrected chi connectivity index (χ4v) is 3.21. The first-order valence-electron chi connectivity index (χ1n) is 4.39. The van der Waals surface area contributed by atoms with Crippen molar-refractivity contribution in [2.75, 3.05) is 6.54 Å². The van der Waals surface area contributed by atoms with Gasteiger partial charge in [-0.15, -0.1) is 0 Å². The van der Waals surface area contributed by atoms with Crippen LogP contribution in [0.4, 0.5) is 0 Å². The predicted molar refractivity (Wildman–Crippen MR) is 48.2 cm³/mol. The van der Waals surface area contributed by atoms with Crippen molar-refractivity contribution in [3.05, 3.63) is 0 Å². The van der Waals surface area contributed by atoms with Crippen LogP contribution in [0.2, 0.25) is 0 Å². The Kier molecular flexibility index (Phi) is 1.95. The monoisotopic (exact) mass is 234 g/mol. The van der Waals surface area contributed by atoms with Crippen LogP contribution in [0, 0.1) is 0 Å². The van der Waals surface area contributed by atoms with Crippen LogP contribution in [-0.2, 0) is 19.9 Å². The lowest BCUT2D eigenvalue weighted by Crippen LogP contribution is -2.79. The summed E-state index contributed by atoms with van der Waals surface area (Å²) in [4.78, 5) is 22.9. The van der Waals surface area contributed by atoms with Gasteiger partial charge >= 0.3 is 10.3 Å². The van der Waals surface area contributed by atoms with Gasteiger partial charge in [0, 0.05) is 0 Å². The number of nitrogens with zero attached hydrogens (tertiary/aromatic N) is 1. The van der Waals surface area contributed by atoms with Crippen molar-refractivity contribution in [3.63, 3.8) is 0 Å². The Morgan fingerprint density at radius 3 is 2.73 bits per heavy atom. The molecule has 2 N–H and O–H groups in total. The van der Waals surface area contributed by atoms with Crippen molar-refractivity contribution in [3.8, 4) is 0 Å². The average Bonchev–Trinajstić information content (AvgIpc) is 2.41. The van der Waals surface area contributed by atoms with Crippen molar-refractivity contribution in [1.29, 1.82) is 0 Å². The summed E-state index contributed by atoms with van der Waals surface area (Å²) in [5.74, 6) is -1.31. The lowest BCUT2D eigenvalue weighted by Gasteiger charge is -2.47. The summed E-state index contributed by atoms with van der Waals surface area (Å²) in [5.41, 5.74) is -1.42. The van der Waals surface area contributed by atoms with Crippen LogP contribution in [0.3, 0.4) is 0 Å². The normalized spacial score (nSPS) is 34.9. The minimum absolute atomic E-state index is 0.338. The van der Waals surface area contributed by atoms with Crippen LogP contribution in [-0.4, -0.2) is 47.1 Å².